The average molecular weight is 343 g/mol. The number of piperazine rings is 1. The summed E-state index contributed by atoms with van der Waals surface area (Å²) >= 11 is 0. The maximum Gasteiger partial charge on any atom is 0.225 e. The van der Waals surface area contributed by atoms with Crippen LogP contribution in [0.2, 0.25) is 0 Å². The van der Waals surface area contributed by atoms with Gasteiger partial charge in [0.05, 0.1) is 24.3 Å². The molecule has 0 bridgehead atoms. The second-order valence-corrected chi connectivity index (χ2v) is 6.91. The van der Waals surface area contributed by atoms with Gasteiger partial charge in [0.25, 0.3) is 0 Å². The first-order chi connectivity index (χ1) is 11.9. The van der Waals surface area contributed by atoms with Crippen LogP contribution in [0.4, 0.5) is 0 Å². The maximum absolute atomic E-state index is 12.6. The molecule has 0 spiro atoms. The van der Waals surface area contributed by atoms with Gasteiger partial charge in [-0.25, -0.2) is 0 Å². The molecule has 1 fully saturated rings. The van der Waals surface area contributed by atoms with E-state index < -0.39 is 5.60 Å². The van der Waals surface area contributed by atoms with Gasteiger partial charge in [-0.05, 0) is 19.4 Å². The lowest BCUT2D eigenvalue weighted by Gasteiger charge is -2.35. The summed E-state index contributed by atoms with van der Waals surface area (Å²) in [5.74, 6) is 0.841. The topological polar surface area (TPSA) is 69.8 Å². The van der Waals surface area contributed by atoms with Crippen LogP contribution in [-0.2, 0) is 16.9 Å². The lowest BCUT2D eigenvalue weighted by Crippen LogP contribution is -2.49. The Kier molecular flexibility index (Phi) is 5.20. The Labute approximate surface area is 148 Å². The van der Waals surface area contributed by atoms with Gasteiger partial charge in [-0.15, -0.1) is 0 Å². The third-order valence-corrected chi connectivity index (χ3v) is 4.67. The number of hydrogen-bond acceptors (Lipinski definition) is 5. The summed E-state index contributed by atoms with van der Waals surface area (Å²) in [6.45, 7) is 7.22. The number of benzene rings is 1. The van der Waals surface area contributed by atoms with E-state index in [1.54, 1.807) is 6.92 Å². The van der Waals surface area contributed by atoms with Crippen LogP contribution in [-0.4, -0.2) is 52.1 Å². The highest BCUT2D eigenvalue weighted by Gasteiger charge is 2.30. The van der Waals surface area contributed by atoms with Crippen molar-refractivity contribution >= 4 is 5.91 Å². The number of nitrogens with zero attached hydrogens (tertiary/aromatic N) is 3. The number of carbonyl (C=O) groups excluding carboxylic acids is 1. The molecule has 1 saturated heterocycles. The fourth-order valence-electron chi connectivity index (χ4n) is 3.17. The molecule has 134 valence electrons. The number of aromatic nitrogens is 1. The number of carbonyl (C=O) groups is 1. The van der Waals surface area contributed by atoms with Crippen LogP contribution in [0.3, 0.4) is 0 Å². The van der Waals surface area contributed by atoms with E-state index in [1.807, 2.05) is 48.2 Å². The summed E-state index contributed by atoms with van der Waals surface area (Å²) in [4.78, 5) is 16.7. The van der Waals surface area contributed by atoms with E-state index >= 15 is 0 Å². The minimum atomic E-state index is -1.15. The Hall–Kier alpha value is -2.18. The van der Waals surface area contributed by atoms with Crippen molar-refractivity contribution in [3.05, 3.63) is 53.4 Å². The van der Waals surface area contributed by atoms with Crippen LogP contribution in [0.15, 0.2) is 40.9 Å². The monoisotopic (exact) mass is 343 g/mol. The summed E-state index contributed by atoms with van der Waals surface area (Å²) in [6.07, 6.45) is 0.0955. The molecule has 1 atom stereocenters. The van der Waals surface area contributed by atoms with E-state index in [0.717, 1.165) is 30.1 Å². The van der Waals surface area contributed by atoms with Crippen LogP contribution in [0.25, 0.3) is 0 Å². The molecule has 1 aliphatic rings. The highest BCUT2D eigenvalue weighted by Crippen LogP contribution is 2.25. The molecule has 1 aromatic carbocycles. The molecule has 1 aliphatic heterocycles. The molecule has 6 heteroatoms. The predicted molar refractivity (Wildman–Crippen MR) is 93.7 cm³/mol. The van der Waals surface area contributed by atoms with Crippen LogP contribution in [0.5, 0.6) is 0 Å². The summed E-state index contributed by atoms with van der Waals surface area (Å²) < 4.78 is 5.25. The van der Waals surface area contributed by atoms with Crippen LogP contribution < -0.4 is 0 Å². The highest BCUT2D eigenvalue weighted by molar-refractivity contribution is 5.77. The van der Waals surface area contributed by atoms with Crippen molar-refractivity contribution in [1.82, 2.24) is 15.0 Å². The standard InChI is InChI=1S/C19H25N3O3/c1-15-12-17(25-20-15)14-21-8-10-22(11-9-21)18(23)13-19(2,24)16-6-4-3-5-7-16/h3-7,12,24H,8-11,13-14H2,1-2H3. The van der Waals surface area contributed by atoms with Gasteiger partial charge in [0.15, 0.2) is 5.76 Å². The predicted octanol–water partition coefficient (Wildman–Crippen LogP) is 1.93. The molecule has 2 aromatic rings. The maximum atomic E-state index is 12.6. The molecule has 0 saturated carbocycles. The first-order valence-electron chi connectivity index (χ1n) is 8.64. The molecular formula is C19H25N3O3. The van der Waals surface area contributed by atoms with Gasteiger partial charge in [-0.1, -0.05) is 35.5 Å². The Bertz CT molecular complexity index is 704. The Morgan fingerprint density at radius 1 is 1.24 bits per heavy atom. The van der Waals surface area contributed by atoms with Gasteiger partial charge in [0, 0.05) is 32.2 Å². The lowest BCUT2D eigenvalue weighted by molar-refractivity contribution is -0.138. The van der Waals surface area contributed by atoms with E-state index in [1.165, 1.54) is 0 Å². The molecule has 25 heavy (non-hydrogen) atoms. The Morgan fingerprint density at radius 3 is 2.52 bits per heavy atom. The fourth-order valence-corrected chi connectivity index (χ4v) is 3.17. The zero-order valence-electron chi connectivity index (χ0n) is 14.8. The van der Waals surface area contributed by atoms with Gasteiger partial charge in [-0.2, -0.15) is 0 Å². The molecule has 2 heterocycles. The quantitative estimate of drug-likeness (QED) is 0.898. The van der Waals surface area contributed by atoms with Gasteiger partial charge < -0.3 is 14.5 Å². The van der Waals surface area contributed by atoms with Crippen molar-refractivity contribution in [3.63, 3.8) is 0 Å². The molecule has 0 radical (unpaired) electrons. The van der Waals surface area contributed by atoms with Crippen LogP contribution in [0.1, 0.15) is 30.4 Å². The van der Waals surface area contributed by atoms with E-state index in [-0.39, 0.29) is 12.3 Å². The fraction of sp³-hybridized carbons (Fsp3) is 0.474. The smallest absolute Gasteiger partial charge is 0.225 e. The van der Waals surface area contributed by atoms with Crippen molar-refractivity contribution < 1.29 is 14.4 Å². The molecule has 1 N–H and O–H groups in total. The zero-order valence-corrected chi connectivity index (χ0v) is 14.8. The van der Waals surface area contributed by atoms with E-state index in [2.05, 4.69) is 10.1 Å². The molecule has 6 nitrogen and oxygen atoms in total. The molecule has 1 amide bonds. The van der Waals surface area contributed by atoms with Gasteiger partial charge in [0.2, 0.25) is 5.91 Å². The van der Waals surface area contributed by atoms with Crippen LogP contribution in [0, 0.1) is 6.92 Å². The summed E-state index contributed by atoms with van der Waals surface area (Å²) in [6, 6.07) is 11.3. The number of hydrogen-bond donors (Lipinski definition) is 1. The average Bonchev–Trinajstić information content (AvgIpc) is 3.01. The van der Waals surface area contributed by atoms with Gasteiger partial charge in [0.1, 0.15) is 0 Å². The SMILES string of the molecule is Cc1cc(CN2CCN(C(=O)CC(C)(O)c3ccccc3)CC2)on1. The van der Waals surface area contributed by atoms with E-state index in [4.69, 9.17) is 4.52 Å². The third-order valence-electron chi connectivity index (χ3n) is 4.67. The number of aryl methyl sites for hydroxylation is 1. The van der Waals surface area contributed by atoms with Crippen molar-refractivity contribution in [2.45, 2.75) is 32.4 Å². The number of amides is 1. The molecule has 1 aromatic heterocycles. The Morgan fingerprint density at radius 2 is 1.92 bits per heavy atom. The summed E-state index contributed by atoms with van der Waals surface area (Å²) in [5.41, 5.74) is 0.502. The van der Waals surface area contributed by atoms with E-state index in [0.29, 0.717) is 19.6 Å². The van der Waals surface area contributed by atoms with Gasteiger partial charge in [-0.3, -0.25) is 9.69 Å². The zero-order chi connectivity index (χ0) is 17.9. The molecule has 3 rings (SSSR count). The lowest BCUT2D eigenvalue weighted by atomic mass is 9.92. The normalized spacial score (nSPS) is 18.1. The number of aliphatic hydroxyl groups is 1. The largest absolute Gasteiger partial charge is 0.385 e. The summed E-state index contributed by atoms with van der Waals surface area (Å²) in [5, 5.41) is 14.6. The highest BCUT2D eigenvalue weighted by atomic mass is 16.5. The van der Waals surface area contributed by atoms with Crippen molar-refractivity contribution in [1.29, 1.82) is 0 Å². The van der Waals surface area contributed by atoms with Crippen molar-refractivity contribution in [3.8, 4) is 0 Å². The van der Waals surface area contributed by atoms with Crippen LogP contribution >= 0.6 is 0 Å². The molecule has 1 unspecified atom stereocenters. The second kappa shape index (κ2) is 7.37. The minimum absolute atomic E-state index is 0.0102. The van der Waals surface area contributed by atoms with Gasteiger partial charge >= 0.3 is 0 Å². The van der Waals surface area contributed by atoms with Crippen molar-refractivity contribution in [2.75, 3.05) is 26.2 Å². The van der Waals surface area contributed by atoms with Crippen molar-refractivity contribution in [2.24, 2.45) is 0 Å². The number of rotatable bonds is 5. The molecular weight excluding hydrogens is 318 g/mol. The first kappa shape index (κ1) is 17.6. The van der Waals surface area contributed by atoms with E-state index in [9.17, 15) is 9.90 Å². The summed E-state index contributed by atoms with van der Waals surface area (Å²) in [7, 11) is 0. The Balaban J connectivity index is 1.51. The third kappa shape index (κ3) is 4.46. The second-order valence-electron chi connectivity index (χ2n) is 6.91. The first-order valence-corrected chi connectivity index (χ1v) is 8.64. The molecule has 0 aliphatic carbocycles. The minimum Gasteiger partial charge on any atom is -0.385 e.